The van der Waals surface area contributed by atoms with Gasteiger partial charge in [0.2, 0.25) is 5.91 Å². The molecule has 0 radical (unpaired) electrons. The molecule has 1 spiro atoms. The smallest absolute Gasteiger partial charge is 0.322 e. The summed E-state index contributed by atoms with van der Waals surface area (Å²) in [4.78, 5) is 35.8. The van der Waals surface area contributed by atoms with Crippen LogP contribution in [-0.2, 0) is 9.59 Å². The second-order valence-electron chi connectivity index (χ2n) is 4.09. The molecule has 0 aliphatic carbocycles. The van der Waals surface area contributed by atoms with Gasteiger partial charge in [0.1, 0.15) is 5.54 Å². The van der Waals surface area contributed by atoms with Crippen LogP contribution < -0.4 is 16.4 Å². The van der Waals surface area contributed by atoms with Crippen molar-refractivity contribution in [1.29, 1.82) is 0 Å². The number of amides is 4. The number of likely N-dealkylation sites (tertiary alicyclic amines) is 1. The lowest BCUT2D eigenvalue weighted by Crippen LogP contribution is -2.49. The summed E-state index contributed by atoms with van der Waals surface area (Å²) < 4.78 is 0. The quantitative estimate of drug-likeness (QED) is 0.480. The first-order valence-electron chi connectivity index (χ1n) is 5.19. The van der Waals surface area contributed by atoms with Crippen LogP contribution in [0.25, 0.3) is 0 Å². The third kappa shape index (κ3) is 1.63. The van der Waals surface area contributed by atoms with Gasteiger partial charge in [0.05, 0.1) is 6.54 Å². The maximum Gasteiger partial charge on any atom is 0.322 e. The minimum atomic E-state index is -0.915. The first kappa shape index (κ1) is 10.9. The summed E-state index contributed by atoms with van der Waals surface area (Å²) in [5, 5.41) is 4.77. The van der Waals surface area contributed by atoms with Crippen LogP contribution >= 0.6 is 0 Å². The minimum absolute atomic E-state index is 0.0756. The summed E-state index contributed by atoms with van der Waals surface area (Å²) in [7, 11) is 0. The molecule has 0 aromatic rings. The molecule has 2 rings (SSSR count). The van der Waals surface area contributed by atoms with Crippen LogP contribution in [0.5, 0.6) is 0 Å². The van der Waals surface area contributed by atoms with E-state index in [1.165, 1.54) is 0 Å². The number of imide groups is 1. The van der Waals surface area contributed by atoms with Crippen molar-refractivity contribution in [3.63, 3.8) is 0 Å². The molecule has 0 bridgehead atoms. The van der Waals surface area contributed by atoms with Gasteiger partial charge in [-0.15, -0.1) is 0 Å². The number of urea groups is 1. The fourth-order valence-corrected chi connectivity index (χ4v) is 2.12. The standard InChI is InChI=1S/C9H14N4O3/c10-3-1-6(14)13-4-2-9(5-13)7(15)11-8(16)12-9/h1-5,10H2,(H2,11,12,15,16). The van der Waals surface area contributed by atoms with Crippen molar-refractivity contribution in [2.75, 3.05) is 19.6 Å². The number of carbonyl (C=O) groups is 3. The highest BCUT2D eigenvalue weighted by Crippen LogP contribution is 2.24. The van der Waals surface area contributed by atoms with E-state index >= 15 is 0 Å². The summed E-state index contributed by atoms with van der Waals surface area (Å²) in [6.07, 6.45) is 0.729. The molecule has 2 heterocycles. The maximum atomic E-state index is 11.6. The van der Waals surface area contributed by atoms with Gasteiger partial charge in [0, 0.05) is 19.5 Å². The SMILES string of the molecule is NCCC(=O)N1CCC2(C1)NC(=O)NC2=O. The first-order valence-corrected chi connectivity index (χ1v) is 5.19. The molecule has 16 heavy (non-hydrogen) atoms. The summed E-state index contributed by atoms with van der Waals surface area (Å²) in [6, 6.07) is -0.488. The lowest BCUT2D eigenvalue weighted by atomic mass is 10.00. The molecule has 88 valence electrons. The maximum absolute atomic E-state index is 11.6. The zero-order chi connectivity index (χ0) is 11.8. The number of rotatable bonds is 2. The van der Waals surface area contributed by atoms with Crippen molar-refractivity contribution in [1.82, 2.24) is 15.5 Å². The zero-order valence-corrected chi connectivity index (χ0v) is 8.78. The lowest BCUT2D eigenvalue weighted by molar-refractivity contribution is -0.130. The van der Waals surface area contributed by atoms with Gasteiger partial charge in [-0.05, 0) is 6.42 Å². The third-order valence-electron chi connectivity index (χ3n) is 2.99. The van der Waals surface area contributed by atoms with E-state index in [0.29, 0.717) is 19.5 Å². The Morgan fingerprint density at radius 2 is 2.25 bits per heavy atom. The van der Waals surface area contributed by atoms with E-state index in [1.54, 1.807) is 4.90 Å². The Bertz CT molecular complexity index is 357. The molecule has 1 unspecified atom stereocenters. The zero-order valence-electron chi connectivity index (χ0n) is 8.78. The fraction of sp³-hybridized carbons (Fsp3) is 0.667. The number of nitrogens with zero attached hydrogens (tertiary/aromatic N) is 1. The van der Waals surface area contributed by atoms with Gasteiger partial charge in [0.25, 0.3) is 5.91 Å². The fourth-order valence-electron chi connectivity index (χ4n) is 2.12. The van der Waals surface area contributed by atoms with Gasteiger partial charge in [0.15, 0.2) is 0 Å². The topological polar surface area (TPSA) is 105 Å². The predicted octanol–water partition coefficient (Wildman–Crippen LogP) is -1.85. The summed E-state index contributed by atoms with van der Waals surface area (Å²) >= 11 is 0. The number of nitrogens with one attached hydrogen (secondary N) is 2. The molecule has 1 atom stereocenters. The van der Waals surface area contributed by atoms with Crippen molar-refractivity contribution in [3.8, 4) is 0 Å². The average Bonchev–Trinajstić information content (AvgIpc) is 2.74. The monoisotopic (exact) mass is 226 g/mol. The molecule has 4 N–H and O–H groups in total. The molecular weight excluding hydrogens is 212 g/mol. The predicted molar refractivity (Wildman–Crippen MR) is 54.3 cm³/mol. The van der Waals surface area contributed by atoms with Crippen LogP contribution in [0.2, 0.25) is 0 Å². The lowest BCUT2D eigenvalue weighted by Gasteiger charge is -2.20. The Morgan fingerprint density at radius 1 is 1.50 bits per heavy atom. The molecule has 7 nitrogen and oxygen atoms in total. The van der Waals surface area contributed by atoms with Crippen LogP contribution in [-0.4, -0.2) is 47.9 Å². The van der Waals surface area contributed by atoms with Crippen LogP contribution in [0.4, 0.5) is 4.79 Å². The van der Waals surface area contributed by atoms with Crippen molar-refractivity contribution in [3.05, 3.63) is 0 Å². The Morgan fingerprint density at radius 3 is 2.81 bits per heavy atom. The van der Waals surface area contributed by atoms with Gasteiger partial charge in [-0.1, -0.05) is 0 Å². The number of hydrogen-bond acceptors (Lipinski definition) is 4. The minimum Gasteiger partial charge on any atom is -0.340 e. The highest BCUT2D eigenvalue weighted by molar-refractivity contribution is 6.07. The molecule has 2 fully saturated rings. The first-order chi connectivity index (χ1) is 7.57. The Kier molecular flexibility index (Phi) is 2.55. The van der Waals surface area contributed by atoms with Crippen molar-refractivity contribution in [2.24, 2.45) is 5.73 Å². The second kappa shape index (κ2) is 3.75. The molecule has 2 aliphatic rings. The molecule has 0 aromatic carbocycles. The molecule has 2 saturated heterocycles. The molecule has 0 aromatic heterocycles. The molecule has 7 heteroatoms. The van der Waals surface area contributed by atoms with E-state index in [0.717, 1.165) is 0 Å². The molecule has 4 amide bonds. The van der Waals surface area contributed by atoms with E-state index in [4.69, 9.17) is 5.73 Å². The van der Waals surface area contributed by atoms with E-state index in [1.807, 2.05) is 0 Å². The van der Waals surface area contributed by atoms with E-state index in [2.05, 4.69) is 10.6 Å². The summed E-state index contributed by atoms with van der Waals surface area (Å²) in [6.45, 7) is 1.01. The summed E-state index contributed by atoms with van der Waals surface area (Å²) in [5.74, 6) is -0.422. The molecule has 2 aliphatic heterocycles. The van der Waals surface area contributed by atoms with Crippen LogP contribution in [0.15, 0.2) is 0 Å². The normalized spacial score (nSPS) is 28.4. The number of hydrogen-bond donors (Lipinski definition) is 3. The van der Waals surface area contributed by atoms with Crippen molar-refractivity contribution in [2.45, 2.75) is 18.4 Å². The van der Waals surface area contributed by atoms with Gasteiger partial charge in [-0.3, -0.25) is 14.9 Å². The summed E-state index contributed by atoms with van der Waals surface area (Å²) in [5.41, 5.74) is 4.38. The molecular formula is C9H14N4O3. The van der Waals surface area contributed by atoms with Gasteiger partial charge in [-0.2, -0.15) is 0 Å². The highest BCUT2D eigenvalue weighted by Gasteiger charge is 2.51. The average molecular weight is 226 g/mol. The number of carbonyl (C=O) groups excluding carboxylic acids is 3. The highest BCUT2D eigenvalue weighted by atomic mass is 16.2. The van der Waals surface area contributed by atoms with E-state index < -0.39 is 11.6 Å². The molecule has 0 saturated carbocycles. The largest absolute Gasteiger partial charge is 0.340 e. The van der Waals surface area contributed by atoms with Crippen LogP contribution in [0, 0.1) is 0 Å². The third-order valence-corrected chi connectivity index (χ3v) is 2.99. The Labute approximate surface area is 92.3 Å². The number of nitrogens with two attached hydrogens (primary N) is 1. The van der Waals surface area contributed by atoms with Gasteiger partial charge < -0.3 is 16.0 Å². The Balaban J connectivity index is 2.05. The van der Waals surface area contributed by atoms with Crippen molar-refractivity contribution >= 4 is 17.8 Å². The second-order valence-corrected chi connectivity index (χ2v) is 4.09. The van der Waals surface area contributed by atoms with Gasteiger partial charge >= 0.3 is 6.03 Å². The van der Waals surface area contributed by atoms with Gasteiger partial charge in [-0.25, -0.2) is 4.79 Å². The van der Waals surface area contributed by atoms with Crippen LogP contribution in [0.1, 0.15) is 12.8 Å². The van der Waals surface area contributed by atoms with E-state index in [-0.39, 0.29) is 24.8 Å². The van der Waals surface area contributed by atoms with E-state index in [9.17, 15) is 14.4 Å². The van der Waals surface area contributed by atoms with Crippen LogP contribution in [0.3, 0.4) is 0 Å². The van der Waals surface area contributed by atoms with Crippen molar-refractivity contribution < 1.29 is 14.4 Å². The Hall–Kier alpha value is -1.63.